The van der Waals surface area contributed by atoms with Crippen LogP contribution in [0.3, 0.4) is 0 Å². The summed E-state index contributed by atoms with van der Waals surface area (Å²) in [5.74, 6) is 4.14. The SMILES string of the molecule is COc1cc(NC=C(C#N)c2nn[nH]n2)c(C23CC4CC(CC(C4)C2)C3)cc1OC. The molecule has 0 aliphatic heterocycles. The Labute approximate surface area is 175 Å². The highest BCUT2D eigenvalue weighted by Crippen LogP contribution is 2.62. The number of tetrazole rings is 1. The lowest BCUT2D eigenvalue weighted by Gasteiger charge is -2.57. The van der Waals surface area contributed by atoms with Gasteiger partial charge in [0.05, 0.1) is 14.2 Å². The molecule has 0 saturated heterocycles. The van der Waals surface area contributed by atoms with Crippen LogP contribution in [0.4, 0.5) is 5.69 Å². The topological polar surface area (TPSA) is 109 Å². The van der Waals surface area contributed by atoms with Gasteiger partial charge in [-0.05, 0) is 78.5 Å². The van der Waals surface area contributed by atoms with Gasteiger partial charge in [0.2, 0.25) is 5.82 Å². The van der Waals surface area contributed by atoms with Gasteiger partial charge in [0.25, 0.3) is 0 Å². The average molecular weight is 406 g/mol. The molecule has 0 amide bonds. The van der Waals surface area contributed by atoms with E-state index in [0.29, 0.717) is 11.3 Å². The third-order valence-electron chi connectivity index (χ3n) is 7.21. The van der Waals surface area contributed by atoms with Crippen LogP contribution in [0.5, 0.6) is 11.5 Å². The zero-order valence-electron chi connectivity index (χ0n) is 17.3. The Morgan fingerprint density at radius 2 is 1.77 bits per heavy atom. The molecule has 0 atom stereocenters. The largest absolute Gasteiger partial charge is 0.493 e. The van der Waals surface area contributed by atoms with E-state index in [2.05, 4.69) is 38.1 Å². The molecule has 0 spiro atoms. The van der Waals surface area contributed by atoms with Crippen molar-refractivity contribution in [2.75, 3.05) is 19.5 Å². The van der Waals surface area contributed by atoms with Gasteiger partial charge in [-0.25, -0.2) is 0 Å². The number of aromatic nitrogens is 4. The molecule has 30 heavy (non-hydrogen) atoms. The fraction of sp³-hybridized carbons (Fsp3) is 0.545. The first kappa shape index (κ1) is 18.9. The first-order valence-electron chi connectivity index (χ1n) is 10.5. The normalized spacial score (nSPS) is 29.5. The van der Waals surface area contributed by atoms with Gasteiger partial charge in [0.1, 0.15) is 11.6 Å². The number of benzene rings is 1. The summed E-state index contributed by atoms with van der Waals surface area (Å²) in [4.78, 5) is 0. The number of anilines is 1. The molecule has 2 aromatic rings. The fourth-order valence-corrected chi connectivity index (χ4v) is 6.45. The Morgan fingerprint density at radius 1 is 1.13 bits per heavy atom. The monoisotopic (exact) mass is 406 g/mol. The van der Waals surface area contributed by atoms with Crippen molar-refractivity contribution in [3.05, 3.63) is 29.7 Å². The van der Waals surface area contributed by atoms with E-state index in [1.165, 1.54) is 44.1 Å². The summed E-state index contributed by atoms with van der Waals surface area (Å²) < 4.78 is 11.2. The zero-order valence-corrected chi connectivity index (χ0v) is 17.3. The molecule has 4 fully saturated rings. The van der Waals surface area contributed by atoms with Gasteiger partial charge in [0, 0.05) is 18.0 Å². The van der Waals surface area contributed by atoms with E-state index in [0.717, 1.165) is 29.2 Å². The molecule has 0 unspecified atom stereocenters. The van der Waals surface area contributed by atoms with Crippen molar-refractivity contribution in [1.29, 1.82) is 5.26 Å². The second-order valence-corrected chi connectivity index (χ2v) is 9.00. The lowest BCUT2D eigenvalue weighted by Crippen LogP contribution is -2.48. The van der Waals surface area contributed by atoms with Crippen molar-refractivity contribution in [1.82, 2.24) is 20.6 Å². The van der Waals surface area contributed by atoms with Crippen molar-refractivity contribution in [2.24, 2.45) is 17.8 Å². The number of methoxy groups -OCH3 is 2. The maximum absolute atomic E-state index is 9.53. The number of H-pyrrole nitrogens is 1. The third-order valence-corrected chi connectivity index (χ3v) is 7.21. The van der Waals surface area contributed by atoms with Gasteiger partial charge in [-0.1, -0.05) is 0 Å². The molecular formula is C22H26N6O2. The predicted molar refractivity (Wildman–Crippen MR) is 111 cm³/mol. The molecule has 1 aromatic heterocycles. The van der Waals surface area contributed by atoms with Gasteiger partial charge < -0.3 is 14.8 Å². The van der Waals surface area contributed by atoms with E-state index in [9.17, 15) is 5.26 Å². The number of rotatable bonds is 6. The van der Waals surface area contributed by atoms with Crippen molar-refractivity contribution < 1.29 is 9.47 Å². The first-order valence-corrected chi connectivity index (χ1v) is 10.5. The second kappa shape index (κ2) is 7.31. The van der Waals surface area contributed by atoms with Crippen molar-refractivity contribution >= 4 is 11.3 Å². The molecule has 1 aromatic carbocycles. The number of nitrogens with zero attached hydrogens (tertiary/aromatic N) is 4. The van der Waals surface area contributed by atoms with Crippen molar-refractivity contribution in [2.45, 2.75) is 43.9 Å². The molecule has 8 heteroatoms. The molecule has 0 radical (unpaired) electrons. The standard InChI is InChI=1S/C22H26N6O2/c1-29-19-6-17(22-8-13-3-14(9-22)5-15(4-13)10-22)18(7-20(19)30-2)24-12-16(11-23)21-25-27-28-26-21/h6-7,12-15,24H,3-5,8-10H2,1-2H3,(H,25,26,27,28). The molecule has 4 bridgehead atoms. The molecule has 2 N–H and O–H groups in total. The number of nitriles is 1. The van der Waals surface area contributed by atoms with E-state index in [1.807, 2.05) is 6.07 Å². The Morgan fingerprint density at radius 3 is 2.30 bits per heavy atom. The maximum Gasteiger partial charge on any atom is 0.216 e. The Kier molecular flexibility index (Phi) is 4.61. The minimum atomic E-state index is 0.156. The van der Waals surface area contributed by atoms with Gasteiger partial charge >= 0.3 is 0 Å². The molecular weight excluding hydrogens is 380 g/mol. The van der Waals surface area contributed by atoms with Gasteiger partial charge in [-0.2, -0.15) is 10.5 Å². The number of allylic oxidation sites excluding steroid dienone is 1. The molecule has 6 rings (SSSR count). The van der Waals surface area contributed by atoms with Gasteiger partial charge in [0.15, 0.2) is 11.5 Å². The highest BCUT2D eigenvalue weighted by Gasteiger charge is 2.52. The van der Waals surface area contributed by atoms with Crippen LogP contribution in [-0.4, -0.2) is 34.8 Å². The molecule has 4 aliphatic carbocycles. The summed E-state index contributed by atoms with van der Waals surface area (Å²) in [6.07, 6.45) is 9.47. The molecule has 1 heterocycles. The molecule has 4 aliphatic rings. The van der Waals surface area contributed by atoms with E-state index >= 15 is 0 Å². The summed E-state index contributed by atoms with van der Waals surface area (Å²) in [5.41, 5.74) is 2.69. The van der Waals surface area contributed by atoms with E-state index in [-0.39, 0.29) is 11.2 Å². The quantitative estimate of drug-likeness (QED) is 0.705. The maximum atomic E-state index is 9.53. The average Bonchev–Trinajstić information content (AvgIpc) is 3.27. The Bertz CT molecular complexity index is 972. The fourth-order valence-electron chi connectivity index (χ4n) is 6.45. The van der Waals surface area contributed by atoms with E-state index in [1.54, 1.807) is 20.4 Å². The van der Waals surface area contributed by atoms with Crippen molar-refractivity contribution in [3.8, 4) is 17.6 Å². The van der Waals surface area contributed by atoms with Crippen LogP contribution in [0.1, 0.15) is 49.9 Å². The highest BCUT2D eigenvalue weighted by atomic mass is 16.5. The highest BCUT2D eigenvalue weighted by molar-refractivity contribution is 5.75. The van der Waals surface area contributed by atoms with Gasteiger partial charge in [-0.3, -0.25) is 0 Å². The van der Waals surface area contributed by atoms with Crippen LogP contribution in [-0.2, 0) is 5.41 Å². The van der Waals surface area contributed by atoms with Gasteiger partial charge in [-0.15, -0.1) is 10.2 Å². The number of hydrogen-bond acceptors (Lipinski definition) is 7. The van der Waals surface area contributed by atoms with Crippen LogP contribution >= 0.6 is 0 Å². The Hall–Kier alpha value is -3.08. The molecule has 4 saturated carbocycles. The first-order chi connectivity index (χ1) is 14.6. The van der Waals surface area contributed by atoms with E-state index < -0.39 is 0 Å². The molecule has 8 nitrogen and oxygen atoms in total. The minimum Gasteiger partial charge on any atom is -0.493 e. The summed E-state index contributed by atoms with van der Waals surface area (Å²) in [5, 5.41) is 26.7. The van der Waals surface area contributed by atoms with Crippen LogP contribution in [0.25, 0.3) is 5.57 Å². The zero-order chi connectivity index (χ0) is 20.7. The summed E-state index contributed by atoms with van der Waals surface area (Å²) in [6, 6.07) is 6.26. The summed E-state index contributed by atoms with van der Waals surface area (Å²) in [7, 11) is 3.32. The second-order valence-electron chi connectivity index (χ2n) is 9.00. The number of ether oxygens (including phenoxy) is 2. The molecule has 156 valence electrons. The van der Waals surface area contributed by atoms with Crippen LogP contribution in [0.15, 0.2) is 18.3 Å². The van der Waals surface area contributed by atoms with Crippen LogP contribution in [0.2, 0.25) is 0 Å². The van der Waals surface area contributed by atoms with E-state index in [4.69, 9.17) is 9.47 Å². The summed E-state index contributed by atoms with van der Waals surface area (Å²) >= 11 is 0. The smallest absolute Gasteiger partial charge is 0.216 e. The lowest BCUT2D eigenvalue weighted by atomic mass is 9.48. The summed E-state index contributed by atoms with van der Waals surface area (Å²) in [6.45, 7) is 0. The van der Waals surface area contributed by atoms with Crippen molar-refractivity contribution in [3.63, 3.8) is 0 Å². The number of hydrogen-bond donors (Lipinski definition) is 2. The minimum absolute atomic E-state index is 0.156. The van der Waals surface area contributed by atoms with Crippen LogP contribution < -0.4 is 14.8 Å². The lowest BCUT2D eigenvalue weighted by molar-refractivity contribution is -0.00494. The number of nitrogens with one attached hydrogen (secondary N) is 2. The number of aromatic amines is 1. The van der Waals surface area contributed by atoms with Crippen LogP contribution in [0, 0.1) is 29.1 Å². The Balaban J connectivity index is 1.57. The predicted octanol–water partition coefficient (Wildman–Crippen LogP) is 3.66. The third kappa shape index (κ3) is 3.09.